The van der Waals surface area contributed by atoms with Crippen LogP contribution in [0, 0.1) is 5.92 Å². The third-order valence-corrected chi connectivity index (χ3v) is 3.35. The van der Waals surface area contributed by atoms with Crippen molar-refractivity contribution in [2.24, 2.45) is 10.9 Å². The van der Waals surface area contributed by atoms with Gasteiger partial charge in [0.2, 0.25) is 0 Å². The van der Waals surface area contributed by atoms with Crippen LogP contribution in [0.15, 0.2) is 4.99 Å². The number of nitrogens with zero attached hydrogens (tertiary/aromatic N) is 2. The van der Waals surface area contributed by atoms with Gasteiger partial charge in [-0.25, -0.2) is 0 Å². The van der Waals surface area contributed by atoms with Gasteiger partial charge >= 0.3 is 0 Å². The Morgan fingerprint density at radius 2 is 2.00 bits per heavy atom. The molecule has 1 fully saturated rings. The standard InChI is InChI=1S/C13H28N4.HI/c1-5-6-9-15-13(14-2)16-10-12(17(3)4)11-7-8-11;/h11-12H,5-10H2,1-4H3,(H2,14,15,16);1H. The molecule has 0 heterocycles. The molecule has 1 saturated carbocycles. The summed E-state index contributed by atoms with van der Waals surface area (Å²) in [4.78, 5) is 6.57. The Bertz CT molecular complexity index is 237. The molecule has 108 valence electrons. The fourth-order valence-electron chi connectivity index (χ4n) is 2.06. The van der Waals surface area contributed by atoms with Crippen LogP contribution >= 0.6 is 24.0 Å². The summed E-state index contributed by atoms with van der Waals surface area (Å²) in [5.74, 6) is 1.82. The number of unbranched alkanes of at least 4 members (excludes halogenated alkanes) is 1. The van der Waals surface area contributed by atoms with Gasteiger partial charge in [0.25, 0.3) is 0 Å². The van der Waals surface area contributed by atoms with Crippen molar-refractivity contribution in [3.63, 3.8) is 0 Å². The molecular formula is C13H29IN4. The van der Waals surface area contributed by atoms with Crippen LogP contribution in [-0.2, 0) is 0 Å². The molecule has 0 aromatic carbocycles. The van der Waals surface area contributed by atoms with Crippen LogP contribution in [0.4, 0.5) is 0 Å². The van der Waals surface area contributed by atoms with Gasteiger partial charge in [-0.2, -0.15) is 0 Å². The maximum Gasteiger partial charge on any atom is 0.191 e. The van der Waals surface area contributed by atoms with Gasteiger partial charge in [-0.15, -0.1) is 24.0 Å². The summed E-state index contributed by atoms with van der Waals surface area (Å²) in [5.41, 5.74) is 0. The van der Waals surface area contributed by atoms with Gasteiger partial charge in [0, 0.05) is 26.2 Å². The minimum absolute atomic E-state index is 0. The number of likely N-dealkylation sites (N-methyl/N-ethyl adjacent to an activating group) is 1. The largest absolute Gasteiger partial charge is 0.356 e. The van der Waals surface area contributed by atoms with Crippen molar-refractivity contribution < 1.29 is 0 Å². The minimum atomic E-state index is 0. The lowest BCUT2D eigenvalue weighted by atomic mass is 10.1. The van der Waals surface area contributed by atoms with E-state index in [2.05, 4.69) is 41.5 Å². The highest BCUT2D eigenvalue weighted by Crippen LogP contribution is 2.34. The second kappa shape index (κ2) is 9.83. The number of hydrogen-bond donors (Lipinski definition) is 2. The van der Waals surface area contributed by atoms with Crippen molar-refractivity contribution >= 4 is 29.9 Å². The van der Waals surface area contributed by atoms with E-state index >= 15 is 0 Å². The van der Waals surface area contributed by atoms with Crippen molar-refractivity contribution in [1.82, 2.24) is 15.5 Å². The second-order valence-electron chi connectivity index (χ2n) is 5.10. The molecular weight excluding hydrogens is 339 g/mol. The molecule has 0 saturated heterocycles. The Labute approximate surface area is 129 Å². The summed E-state index contributed by atoms with van der Waals surface area (Å²) in [5, 5.41) is 6.77. The van der Waals surface area contributed by atoms with Crippen molar-refractivity contribution in [3.8, 4) is 0 Å². The van der Waals surface area contributed by atoms with Crippen molar-refractivity contribution in [1.29, 1.82) is 0 Å². The van der Waals surface area contributed by atoms with Gasteiger partial charge < -0.3 is 15.5 Å². The number of halogens is 1. The first-order valence-corrected chi connectivity index (χ1v) is 6.80. The molecule has 1 aliphatic carbocycles. The van der Waals surface area contributed by atoms with E-state index in [1.165, 1.54) is 25.7 Å². The number of aliphatic imine (C=N–C) groups is 1. The minimum Gasteiger partial charge on any atom is -0.356 e. The first kappa shape index (κ1) is 18.0. The van der Waals surface area contributed by atoms with Crippen LogP contribution in [-0.4, -0.2) is 51.1 Å². The van der Waals surface area contributed by atoms with Gasteiger partial charge in [0.15, 0.2) is 5.96 Å². The predicted octanol–water partition coefficient (Wildman–Crippen LogP) is 1.91. The molecule has 0 aromatic heterocycles. The second-order valence-corrected chi connectivity index (χ2v) is 5.10. The SMILES string of the molecule is CCCCNC(=NC)NCC(C1CC1)N(C)C.I. The zero-order valence-electron chi connectivity index (χ0n) is 12.2. The predicted molar refractivity (Wildman–Crippen MR) is 89.9 cm³/mol. The Morgan fingerprint density at radius 3 is 2.44 bits per heavy atom. The molecule has 1 atom stereocenters. The van der Waals surface area contributed by atoms with Crippen molar-refractivity contribution in [2.45, 2.75) is 38.6 Å². The lowest BCUT2D eigenvalue weighted by Gasteiger charge is -2.25. The molecule has 0 amide bonds. The zero-order chi connectivity index (χ0) is 12.7. The lowest BCUT2D eigenvalue weighted by molar-refractivity contribution is 0.264. The Hall–Kier alpha value is -0.0400. The topological polar surface area (TPSA) is 39.7 Å². The summed E-state index contributed by atoms with van der Waals surface area (Å²) < 4.78 is 0. The molecule has 0 aromatic rings. The third kappa shape index (κ3) is 6.78. The normalized spacial score (nSPS) is 17.3. The first-order valence-electron chi connectivity index (χ1n) is 6.80. The van der Waals surface area contributed by atoms with Gasteiger partial charge in [-0.1, -0.05) is 13.3 Å². The molecule has 0 radical (unpaired) electrons. The molecule has 5 heteroatoms. The van der Waals surface area contributed by atoms with Crippen LogP contribution in [0.2, 0.25) is 0 Å². The number of nitrogens with one attached hydrogen (secondary N) is 2. The molecule has 0 spiro atoms. The molecule has 0 bridgehead atoms. The Morgan fingerprint density at radius 1 is 1.33 bits per heavy atom. The van der Waals surface area contributed by atoms with E-state index in [4.69, 9.17) is 0 Å². The van der Waals surface area contributed by atoms with Crippen molar-refractivity contribution in [3.05, 3.63) is 0 Å². The Balaban J connectivity index is 0.00000289. The summed E-state index contributed by atoms with van der Waals surface area (Å²) in [6, 6.07) is 0.639. The fourth-order valence-corrected chi connectivity index (χ4v) is 2.06. The van der Waals surface area contributed by atoms with Crippen LogP contribution in [0.5, 0.6) is 0 Å². The number of hydrogen-bond acceptors (Lipinski definition) is 2. The quantitative estimate of drug-likeness (QED) is 0.312. The van der Waals surface area contributed by atoms with E-state index in [1.807, 2.05) is 7.05 Å². The molecule has 18 heavy (non-hydrogen) atoms. The lowest BCUT2D eigenvalue weighted by Crippen LogP contribution is -2.46. The third-order valence-electron chi connectivity index (χ3n) is 3.35. The molecule has 1 unspecified atom stereocenters. The van der Waals surface area contributed by atoms with Gasteiger partial charge in [0.05, 0.1) is 0 Å². The summed E-state index contributed by atoms with van der Waals surface area (Å²) >= 11 is 0. The van der Waals surface area contributed by atoms with Crippen LogP contribution in [0.3, 0.4) is 0 Å². The van der Waals surface area contributed by atoms with E-state index < -0.39 is 0 Å². The number of rotatable bonds is 7. The van der Waals surface area contributed by atoms with Gasteiger partial charge in [-0.3, -0.25) is 4.99 Å². The molecule has 0 aliphatic heterocycles. The van der Waals surface area contributed by atoms with Gasteiger partial charge in [0.1, 0.15) is 0 Å². The monoisotopic (exact) mass is 368 g/mol. The highest BCUT2D eigenvalue weighted by atomic mass is 127. The summed E-state index contributed by atoms with van der Waals surface area (Å²) in [7, 11) is 6.17. The smallest absolute Gasteiger partial charge is 0.191 e. The Kier molecular flexibility index (Phi) is 9.81. The van der Waals surface area contributed by atoms with Gasteiger partial charge in [-0.05, 0) is 39.3 Å². The molecule has 1 aliphatic rings. The maximum absolute atomic E-state index is 4.25. The summed E-state index contributed by atoms with van der Waals surface area (Å²) in [6.45, 7) is 4.20. The van der Waals surface area contributed by atoms with Crippen LogP contribution in [0.25, 0.3) is 0 Å². The van der Waals surface area contributed by atoms with E-state index in [0.29, 0.717) is 6.04 Å². The van der Waals surface area contributed by atoms with Crippen LogP contribution in [0.1, 0.15) is 32.6 Å². The van der Waals surface area contributed by atoms with E-state index in [9.17, 15) is 0 Å². The molecule has 1 rings (SSSR count). The van der Waals surface area contributed by atoms with Crippen molar-refractivity contribution in [2.75, 3.05) is 34.2 Å². The summed E-state index contributed by atoms with van der Waals surface area (Å²) in [6.07, 6.45) is 5.17. The van der Waals surface area contributed by atoms with Crippen LogP contribution < -0.4 is 10.6 Å². The maximum atomic E-state index is 4.25. The zero-order valence-corrected chi connectivity index (χ0v) is 14.5. The fraction of sp³-hybridized carbons (Fsp3) is 0.923. The average molecular weight is 368 g/mol. The highest BCUT2D eigenvalue weighted by molar-refractivity contribution is 14.0. The number of guanidine groups is 1. The van der Waals surface area contributed by atoms with E-state index in [0.717, 1.165) is 25.0 Å². The first-order chi connectivity index (χ1) is 8.19. The molecule has 4 nitrogen and oxygen atoms in total. The highest BCUT2D eigenvalue weighted by Gasteiger charge is 2.32. The average Bonchev–Trinajstić information content (AvgIpc) is 3.11. The van der Waals surface area contributed by atoms with E-state index in [-0.39, 0.29) is 24.0 Å². The molecule has 2 N–H and O–H groups in total. The van der Waals surface area contributed by atoms with E-state index in [1.54, 1.807) is 0 Å².